The second-order valence-electron chi connectivity index (χ2n) is 7.54. The van der Waals surface area contributed by atoms with Crippen LogP contribution in [-0.4, -0.2) is 37.2 Å². The second kappa shape index (κ2) is 8.97. The molecule has 0 aromatic heterocycles. The third kappa shape index (κ3) is 4.55. The van der Waals surface area contributed by atoms with E-state index in [9.17, 15) is 18.0 Å². The molecule has 1 fully saturated rings. The fourth-order valence-corrected chi connectivity index (χ4v) is 5.36. The Bertz CT molecular complexity index is 1040. The fourth-order valence-electron chi connectivity index (χ4n) is 3.63. The maximum absolute atomic E-state index is 13.1. The van der Waals surface area contributed by atoms with Gasteiger partial charge in [0, 0.05) is 18.2 Å². The van der Waals surface area contributed by atoms with E-state index in [-0.39, 0.29) is 16.5 Å². The summed E-state index contributed by atoms with van der Waals surface area (Å²) in [6.45, 7) is 4.02. The predicted octanol–water partition coefficient (Wildman–Crippen LogP) is 2.94. The molecule has 1 aliphatic heterocycles. The van der Waals surface area contributed by atoms with Crippen molar-refractivity contribution in [2.75, 3.05) is 6.54 Å². The van der Waals surface area contributed by atoms with Crippen LogP contribution < -0.4 is 5.73 Å². The molecule has 1 saturated heterocycles. The monoisotopic (exact) mass is 430 g/mol. The van der Waals surface area contributed by atoms with Crippen LogP contribution in [0.25, 0.3) is 0 Å². The molecule has 0 bridgehead atoms. The summed E-state index contributed by atoms with van der Waals surface area (Å²) in [5.41, 5.74) is 6.50. The zero-order valence-electron chi connectivity index (χ0n) is 17.1. The van der Waals surface area contributed by atoms with Gasteiger partial charge in [-0.1, -0.05) is 42.8 Å². The first-order valence-electron chi connectivity index (χ1n) is 9.89. The quantitative estimate of drug-likeness (QED) is 0.709. The van der Waals surface area contributed by atoms with E-state index < -0.39 is 28.0 Å². The van der Waals surface area contributed by atoms with Crippen LogP contribution in [0.1, 0.15) is 53.8 Å². The summed E-state index contributed by atoms with van der Waals surface area (Å²) < 4.78 is 33.1. The van der Waals surface area contributed by atoms with Crippen molar-refractivity contribution in [3.8, 4) is 0 Å². The van der Waals surface area contributed by atoms with Crippen molar-refractivity contribution in [3.63, 3.8) is 0 Å². The summed E-state index contributed by atoms with van der Waals surface area (Å²) >= 11 is 0. The third-order valence-electron chi connectivity index (χ3n) is 5.36. The number of nitrogens with zero attached hydrogens (tertiary/aromatic N) is 1. The van der Waals surface area contributed by atoms with E-state index in [0.717, 1.165) is 19.3 Å². The van der Waals surface area contributed by atoms with E-state index in [0.29, 0.717) is 17.7 Å². The molecule has 3 rings (SSSR count). The molecule has 0 spiro atoms. The molecule has 30 heavy (non-hydrogen) atoms. The van der Waals surface area contributed by atoms with Gasteiger partial charge in [-0.15, -0.1) is 0 Å². The minimum atomic E-state index is -3.75. The number of hydrogen-bond acceptors (Lipinski definition) is 5. The van der Waals surface area contributed by atoms with Gasteiger partial charge in [0.1, 0.15) is 0 Å². The summed E-state index contributed by atoms with van der Waals surface area (Å²) in [5, 5.41) is 0. The van der Waals surface area contributed by atoms with Gasteiger partial charge in [-0.25, -0.2) is 13.2 Å². The summed E-state index contributed by atoms with van der Waals surface area (Å²) in [6, 6.07) is 12.7. The number of ether oxygens (including phenoxy) is 1. The van der Waals surface area contributed by atoms with Gasteiger partial charge >= 0.3 is 5.97 Å². The number of piperidine rings is 1. The highest BCUT2D eigenvalue weighted by Gasteiger charge is 2.32. The average molecular weight is 431 g/mol. The van der Waals surface area contributed by atoms with Crippen LogP contribution in [0.5, 0.6) is 0 Å². The van der Waals surface area contributed by atoms with Crippen molar-refractivity contribution in [3.05, 3.63) is 65.2 Å². The lowest BCUT2D eigenvalue weighted by molar-refractivity contribution is -0.127. The van der Waals surface area contributed by atoms with Gasteiger partial charge in [-0.3, -0.25) is 4.79 Å². The Labute approximate surface area is 176 Å². The molecule has 2 aromatic carbocycles. The van der Waals surface area contributed by atoms with Crippen LogP contribution in [0.3, 0.4) is 0 Å². The molecule has 1 aliphatic rings. The average Bonchev–Trinajstić information content (AvgIpc) is 2.72. The molecule has 7 nitrogen and oxygen atoms in total. The van der Waals surface area contributed by atoms with Crippen molar-refractivity contribution in [1.82, 2.24) is 4.31 Å². The topological polar surface area (TPSA) is 107 Å². The van der Waals surface area contributed by atoms with E-state index in [1.165, 1.54) is 16.4 Å². The molecule has 2 N–H and O–H groups in total. The summed E-state index contributed by atoms with van der Waals surface area (Å²) in [4.78, 5) is 24.7. The minimum absolute atomic E-state index is 0.0316. The first-order chi connectivity index (χ1) is 14.2. The number of aryl methyl sites for hydroxylation is 1. The highest BCUT2D eigenvalue weighted by atomic mass is 32.2. The van der Waals surface area contributed by atoms with Crippen LogP contribution in [0.15, 0.2) is 53.4 Å². The van der Waals surface area contributed by atoms with Gasteiger partial charge in [0.25, 0.3) is 5.91 Å². The summed E-state index contributed by atoms with van der Waals surface area (Å²) in [5.74, 6) is -1.61. The van der Waals surface area contributed by atoms with Crippen LogP contribution in [-0.2, 0) is 19.6 Å². The molecule has 0 radical (unpaired) electrons. The molecule has 1 amide bonds. The number of carbonyl (C=O) groups excluding carboxylic acids is 2. The Kier molecular flexibility index (Phi) is 6.58. The van der Waals surface area contributed by atoms with Crippen molar-refractivity contribution >= 4 is 21.9 Å². The Balaban J connectivity index is 1.91. The highest BCUT2D eigenvalue weighted by Crippen LogP contribution is 2.27. The first-order valence-corrected chi connectivity index (χ1v) is 11.3. The molecule has 0 saturated carbocycles. The van der Waals surface area contributed by atoms with Crippen molar-refractivity contribution in [2.24, 2.45) is 5.73 Å². The van der Waals surface area contributed by atoms with Gasteiger partial charge in [0.05, 0.1) is 10.5 Å². The number of primary amides is 1. The first kappa shape index (κ1) is 22.0. The molecule has 2 aromatic rings. The Morgan fingerprint density at radius 1 is 1.13 bits per heavy atom. The number of esters is 1. The van der Waals surface area contributed by atoms with E-state index in [1.807, 2.05) is 6.92 Å². The molecule has 2 atom stereocenters. The number of carbonyl (C=O) groups is 2. The fraction of sp³-hybridized carbons (Fsp3) is 0.364. The van der Waals surface area contributed by atoms with Crippen molar-refractivity contribution in [2.45, 2.75) is 50.2 Å². The number of sulfonamides is 1. The standard InChI is InChI=1S/C22H26N2O5S/c1-15-11-12-18(30(27,28)24-13-7-6-8-16(24)2)14-19(15)22(26)29-20(21(23)25)17-9-4-3-5-10-17/h3-5,9-12,14,16,20H,6-8,13H2,1-2H3,(H2,23,25). The smallest absolute Gasteiger partial charge is 0.339 e. The van der Waals surface area contributed by atoms with E-state index in [4.69, 9.17) is 10.5 Å². The molecule has 8 heteroatoms. The van der Waals surface area contributed by atoms with E-state index >= 15 is 0 Å². The Hall–Kier alpha value is -2.71. The van der Waals surface area contributed by atoms with Gasteiger partial charge < -0.3 is 10.5 Å². The number of rotatable bonds is 6. The normalized spacial score (nSPS) is 18.5. The lowest BCUT2D eigenvalue weighted by Crippen LogP contribution is -2.42. The Morgan fingerprint density at radius 2 is 1.83 bits per heavy atom. The second-order valence-corrected chi connectivity index (χ2v) is 9.43. The van der Waals surface area contributed by atoms with Crippen LogP contribution in [0, 0.1) is 6.92 Å². The molecular formula is C22H26N2O5S. The maximum atomic E-state index is 13.1. The van der Waals surface area contributed by atoms with Crippen molar-refractivity contribution in [1.29, 1.82) is 0 Å². The predicted molar refractivity (Wildman–Crippen MR) is 112 cm³/mol. The number of hydrogen-bond donors (Lipinski definition) is 1. The zero-order valence-corrected chi connectivity index (χ0v) is 17.9. The summed E-state index contributed by atoms with van der Waals surface area (Å²) in [7, 11) is -3.75. The number of nitrogens with two attached hydrogens (primary N) is 1. The zero-order chi connectivity index (χ0) is 21.9. The molecule has 1 heterocycles. The highest BCUT2D eigenvalue weighted by molar-refractivity contribution is 7.89. The largest absolute Gasteiger partial charge is 0.444 e. The minimum Gasteiger partial charge on any atom is -0.444 e. The Morgan fingerprint density at radius 3 is 2.47 bits per heavy atom. The number of benzene rings is 2. The van der Waals surface area contributed by atoms with E-state index in [1.54, 1.807) is 43.3 Å². The van der Waals surface area contributed by atoms with Gasteiger partial charge in [0.15, 0.2) is 0 Å². The molecular weight excluding hydrogens is 404 g/mol. The lowest BCUT2D eigenvalue weighted by atomic mass is 10.1. The van der Waals surface area contributed by atoms with Gasteiger partial charge in [0.2, 0.25) is 16.1 Å². The van der Waals surface area contributed by atoms with Gasteiger partial charge in [-0.05, 0) is 44.4 Å². The van der Waals surface area contributed by atoms with Gasteiger partial charge in [-0.2, -0.15) is 4.31 Å². The third-order valence-corrected chi connectivity index (χ3v) is 7.37. The van der Waals surface area contributed by atoms with Crippen LogP contribution in [0.4, 0.5) is 0 Å². The van der Waals surface area contributed by atoms with Crippen LogP contribution in [0.2, 0.25) is 0 Å². The molecule has 2 unspecified atom stereocenters. The molecule has 160 valence electrons. The molecule has 0 aliphatic carbocycles. The summed E-state index contributed by atoms with van der Waals surface area (Å²) in [6.07, 6.45) is 1.34. The van der Waals surface area contributed by atoms with Crippen LogP contribution >= 0.6 is 0 Å². The van der Waals surface area contributed by atoms with Crippen molar-refractivity contribution < 1.29 is 22.7 Å². The maximum Gasteiger partial charge on any atom is 0.339 e. The lowest BCUT2D eigenvalue weighted by Gasteiger charge is -2.32. The SMILES string of the molecule is Cc1ccc(S(=O)(=O)N2CCCCC2C)cc1C(=O)OC(C(N)=O)c1ccccc1. The number of amides is 1. The van der Waals surface area contributed by atoms with E-state index in [2.05, 4.69) is 0 Å².